The van der Waals surface area contributed by atoms with Crippen LogP contribution in [-0.2, 0) is 19.7 Å². The second-order valence-corrected chi connectivity index (χ2v) is 6.32. The van der Waals surface area contributed by atoms with E-state index in [9.17, 15) is 4.79 Å². The van der Waals surface area contributed by atoms with Crippen molar-refractivity contribution in [1.29, 1.82) is 0 Å². The average Bonchev–Trinajstić information content (AvgIpc) is 3.24. The van der Waals surface area contributed by atoms with Crippen molar-refractivity contribution >= 4 is 29.1 Å². The molecule has 0 fully saturated rings. The molecule has 0 saturated carbocycles. The highest BCUT2D eigenvalue weighted by Gasteiger charge is 2.13. The van der Waals surface area contributed by atoms with E-state index in [0.717, 1.165) is 0 Å². The molecule has 0 spiro atoms. The molecule has 0 unspecified atom stereocenters. The number of rotatable bonds is 7. The molecule has 26 heavy (non-hydrogen) atoms. The lowest BCUT2D eigenvalue weighted by Crippen LogP contribution is -2.22. The first-order valence-electron chi connectivity index (χ1n) is 8.02. The monoisotopic (exact) mass is 393 g/mol. The molecule has 3 rings (SSSR count). The van der Waals surface area contributed by atoms with E-state index in [1.807, 2.05) is 6.92 Å². The first kappa shape index (κ1) is 18.4. The molecule has 0 aliphatic carbocycles. The number of aryl methyl sites for hydroxylation is 1. The Morgan fingerprint density at radius 3 is 2.88 bits per heavy atom. The Morgan fingerprint density at radius 2 is 2.15 bits per heavy atom. The molecule has 0 atom stereocenters. The van der Waals surface area contributed by atoms with Crippen LogP contribution in [0.15, 0.2) is 47.0 Å². The van der Waals surface area contributed by atoms with Crippen LogP contribution in [0.2, 0.25) is 10.0 Å². The molecular weight excluding hydrogens is 377 g/mol. The number of halogens is 2. The third-order valence-electron chi connectivity index (χ3n) is 3.59. The lowest BCUT2D eigenvalue weighted by Gasteiger charge is -2.04. The third kappa shape index (κ3) is 4.59. The highest BCUT2D eigenvalue weighted by atomic mass is 35.5. The molecule has 0 aliphatic rings. The summed E-state index contributed by atoms with van der Waals surface area (Å²) in [6.07, 6.45) is 1.72. The normalized spacial score (nSPS) is 10.7. The predicted octanol–water partition coefficient (Wildman–Crippen LogP) is 4.31. The molecule has 3 aromatic rings. The maximum Gasteiger partial charge on any atom is 0.287 e. The molecule has 1 aromatic carbocycles. The summed E-state index contributed by atoms with van der Waals surface area (Å²) in [7, 11) is 0. The summed E-state index contributed by atoms with van der Waals surface area (Å²) < 4.78 is 12.8. The number of hydrogen-bond donors (Lipinski definition) is 1. The highest BCUT2D eigenvalue weighted by molar-refractivity contribution is 6.31. The highest BCUT2D eigenvalue weighted by Crippen LogP contribution is 2.19. The third-order valence-corrected chi connectivity index (χ3v) is 4.14. The van der Waals surface area contributed by atoms with Crippen LogP contribution < -0.4 is 10.1 Å². The van der Waals surface area contributed by atoms with Crippen LogP contribution in [0.4, 0.5) is 0 Å². The lowest BCUT2D eigenvalue weighted by atomic mass is 10.3. The van der Waals surface area contributed by atoms with Gasteiger partial charge in [-0.05, 0) is 37.3 Å². The van der Waals surface area contributed by atoms with Crippen molar-refractivity contribution in [3.63, 3.8) is 0 Å². The van der Waals surface area contributed by atoms with E-state index in [4.69, 9.17) is 32.4 Å². The summed E-state index contributed by atoms with van der Waals surface area (Å²) in [5.41, 5.74) is 0.609. The number of nitrogens with one attached hydrogen (secondary N) is 1. The Bertz CT molecular complexity index is 905. The minimum Gasteiger partial charge on any atom is -0.486 e. The Labute approximate surface area is 160 Å². The van der Waals surface area contributed by atoms with E-state index < -0.39 is 0 Å². The van der Waals surface area contributed by atoms with Crippen molar-refractivity contribution in [1.82, 2.24) is 15.1 Å². The fourth-order valence-electron chi connectivity index (χ4n) is 2.26. The van der Waals surface area contributed by atoms with Crippen molar-refractivity contribution in [2.24, 2.45) is 0 Å². The predicted molar refractivity (Wildman–Crippen MR) is 98.6 cm³/mol. The smallest absolute Gasteiger partial charge is 0.287 e. The summed E-state index contributed by atoms with van der Waals surface area (Å²) in [5, 5.41) is 8.12. The van der Waals surface area contributed by atoms with Crippen molar-refractivity contribution in [3.8, 4) is 5.75 Å². The molecule has 0 bridgehead atoms. The zero-order valence-corrected chi connectivity index (χ0v) is 15.5. The number of benzene rings is 1. The molecule has 1 amide bonds. The molecule has 1 N–H and O–H groups in total. The molecule has 2 aromatic heterocycles. The number of carbonyl (C=O) groups is 1. The molecule has 2 heterocycles. The molecule has 0 aliphatic heterocycles. The van der Waals surface area contributed by atoms with Gasteiger partial charge in [0.25, 0.3) is 5.91 Å². The number of amides is 1. The van der Waals surface area contributed by atoms with Gasteiger partial charge in [-0.15, -0.1) is 0 Å². The summed E-state index contributed by atoms with van der Waals surface area (Å²) in [6, 6.07) is 10.3. The van der Waals surface area contributed by atoms with Crippen molar-refractivity contribution in [2.75, 3.05) is 0 Å². The van der Waals surface area contributed by atoms with Crippen molar-refractivity contribution in [2.45, 2.75) is 26.6 Å². The van der Waals surface area contributed by atoms with E-state index in [2.05, 4.69) is 10.4 Å². The van der Waals surface area contributed by atoms with Crippen LogP contribution in [0.5, 0.6) is 5.75 Å². The Hall–Kier alpha value is -2.44. The van der Waals surface area contributed by atoms with Crippen LogP contribution in [-0.4, -0.2) is 15.7 Å². The minimum atomic E-state index is -0.346. The van der Waals surface area contributed by atoms with Gasteiger partial charge in [-0.25, -0.2) is 0 Å². The molecule has 0 saturated heterocycles. The number of hydrogen-bond acceptors (Lipinski definition) is 4. The maximum atomic E-state index is 12.2. The standard InChI is InChI=1S/C18H17Cl2N3O3/c1-2-23-10-15(20)16(22-23)9-21-18(24)17-7-6-14(26-17)11-25-13-5-3-4-12(19)8-13/h3-8,10H,2,9,11H2,1H3,(H,21,24). The number of nitrogens with zero attached hydrogens (tertiary/aromatic N) is 2. The van der Waals surface area contributed by atoms with Gasteiger partial charge >= 0.3 is 0 Å². The average molecular weight is 394 g/mol. The zero-order chi connectivity index (χ0) is 18.5. The quantitative estimate of drug-likeness (QED) is 0.648. The van der Waals surface area contributed by atoms with Gasteiger partial charge in [0, 0.05) is 17.8 Å². The van der Waals surface area contributed by atoms with Gasteiger partial charge in [0.2, 0.25) is 0 Å². The first-order chi connectivity index (χ1) is 12.5. The van der Waals surface area contributed by atoms with E-state index in [-0.39, 0.29) is 24.8 Å². The molecule has 0 radical (unpaired) electrons. The zero-order valence-electron chi connectivity index (χ0n) is 14.0. The number of carbonyl (C=O) groups excluding carboxylic acids is 1. The van der Waals surface area contributed by atoms with Gasteiger partial charge in [-0.2, -0.15) is 5.10 Å². The van der Waals surface area contributed by atoms with Gasteiger partial charge in [0.05, 0.1) is 11.6 Å². The topological polar surface area (TPSA) is 69.3 Å². The second-order valence-electron chi connectivity index (χ2n) is 5.47. The molecule has 6 nitrogen and oxygen atoms in total. The van der Waals surface area contributed by atoms with E-state index in [1.54, 1.807) is 47.3 Å². The van der Waals surface area contributed by atoms with E-state index in [0.29, 0.717) is 33.8 Å². The van der Waals surface area contributed by atoms with Gasteiger partial charge in [-0.1, -0.05) is 29.3 Å². The number of furan rings is 1. The molecule has 136 valence electrons. The Morgan fingerprint density at radius 1 is 1.31 bits per heavy atom. The van der Waals surface area contributed by atoms with Gasteiger partial charge in [0.15, 0.2) is 5.76 Å². The largest absolute Gasteiger partial charge is 0.486 e. The Kier molecular flexibility index (Phi) is 5.85. The van der Waals surface area contributed by atoms with Crippen LogP contribution >= 0.6 is 23.2 Å². The van der Waals surface area contributed by atoms with Gasteiger partial charge in [0.1, 0.15) is 23.8 Å². The van der Waals surface area contributed by atoms with Gasteiger partial charge in [-0.3, -0.25) is 9.48 Å². The molecular formula is C18H17Cl2N3O3. The van der Waals surface area contributed by atoms with Crippen molar-refractivity contribution in [3.05, 3.63) is 69.9 Å². The summed E-state index contributed by atoms with van der Waals surface area (Å²) >= 11 is 12.0. The first-order valence-corrected chi connectivity index (χ1v) is 8.78. The van der Waals surface area contributed by atoms with E-state index >= 15 is 0 Å². The summed E-state index contributed by atoms with van der Waals surface area (Å²) in [6.45, 7) is 3.09. The second kappa shape index (κ2) is 8.29. The minimum absolute atomic E-state index is 0.195. The fourth-order valence-corrected chi connectivity index (χ4v) is 2.66. The number of ether oxygens (including phenoxy) is 1. The van der Waals surface area contributed by atoms with Crippen LogP contribution in [0.3, 0.4) is 0 Å². The maximum absolute atomic E-state index is 12.2. The number of aromatic nitrogens is 2. The lowest BCUT2D eigenvalue weighted by molar-refractivity contribution is 0.0918. The van der Waals surface area contributed by atoms with E-state index in [1.165, 1.54) is 0 Å². The van der Waals surface area contributed by atoms with Crippen LogP contribution in [0.25, 0.3) is 0 Å². The SMILES string of the molecule is CCn1cc(Cl)c(CNC(=O)c2ccc(COc3cccc(Cl)c3)o2)n1. The summed E-state index contributed by atoms with van der Waals surface area (Å²) in [5.74, 6) is 1.01. The van der Waals surface area contributed by atoms with Gasteiger partial charge < -0.3 is 14.5 Å². The Balaban J connectivity index is 1.54. The summed E-state index contributed by atoms with van der Waals surface area (Å²) in [4.78, 5) is 12.2. The fraction of sp³-hybridized carbons (Fsp3) is 0.222. The molecule has 8 heteroatoms. The van der Waals surface area contributed by atoms with Crippen LogP contribution in [0.1, 0.15) is 28.9 Å². The van der Waals surface area contributed by atoms with Crippen molar-refractivity contribution < 1.29 is 13.9 Å². The van der Waals surface area contributed by atoms with Crippen LogP contribution in [0, 0.1) is 0 Å².